The van der Waals surface area contributed by atoms with Crippen LogP contribution in [0.5, 0.6) is 5.75 Å². The summed E-state index contributed by atoms with van der Waals surface area (Å²) in [6, 6.07) is 9.14. The lowest BCUT2D eigenvalue weighted by atomic mass is 10.0. The molecule has 1 atom stereocenters. The Morgan fingerprint density at radius 3 is 2.56 bits per heavy atom. The normalized spacial score (nSPS) is 11.9. The number of aromatic nitrogens is 3. The number of nitrogen functional groups attached to an aromatic ring is 1. The summed E-state index contributed by atoms with van der Waals surface area (Å²) in [5.74, 6) is -0.0859. The van der Waals surface area contributed by atoms with E-state index in [1.807, 2.05) is 19.1 Å². The molecule has 11 nitrogen and oxygen atoms in total. The highest BCUT2D eigenvalue weighted by Gasteiger charge is 2.25. The molecule has 0 saturated carbocycles. The molecule has 2 aromatic heterocycles. The fourth-order valence-corrected chi connectivity index (χ4v) is 4.01. The Hall–Kier alpha value is -4.59. The van der Waals surface area contributed by atoms with Gasteiger partial charge in [0, 0.05) is 37.0 Å². The van der Waals surface area contributed by atoms with Crippen molar-refractivity contribution in [2.45, 2.75) is 52.9 Å². The second kappa shape index (κ2) is 11.4. The van der Waals surface area contributed by atoms with Gasteiger partial charge in [-0.3, -0.25) is 4.68 Å². The Bertz CT molecular complexity index is 1430. The number of nitrogens with two attached hydrogens (primary N) is 1. The van der Waals surface area contributed by atoms with E-state index in [4.69, 9.17) is 19.9 Å². The second-order valence-corrected chi connectivity index (χ2v) is 10.2. The van der Waals surface area contributed by atoms with E-state index in [0.717, 1.165) is 5.56 Å². The molecule has 1 aromatic carbocycles. The topological polar surface area (TPSA) is 146 Å². The number of rotatable bonds is 7. The van der Waals surface area contributed by atoms with Gasteiger partial charge < -0.3 is 24.8 Å². The van der Waals surface area contributed by atoms with E-state index < -0.39 is 23.8 Å². The first kappa shape index (κ1) is 29.0. The molecule has 0 aliphatic rings. The van der Waals surface area contributed by atoms with Crippen LogP contribution < -0.4 is 10.5 Å². The predicted molar refractivity (Wildman–Crippen MR) is 145 cm³/mol. The molecule has 3 aromatic rings. The number of benzene rings is 1. The lowest BCUT2D eigenvalue weighted by Crippen LogP contribution is -2.34. The fraction of sp³-hybridized carbons (Fsp3) is 0.393. The van der Waals surface area contributed by atoms with Crippen molar-refractivity contribution < 1.29 is 23.8 Å². The molecule has 206 valence electrons. The van der Waals surface area contributed by atoms with Crippen LogP contribution in [0, 0.1) is 18.3 Å². The number of amides is 1. The van der Waals surface area contributed by atoms with Gasteiger partial charge in [-0.15, -0.1) is 0 Å². The van der Waals surface area contributed by atoms with Crippen LogP contribution in [0.15, 0.2) is 30.5 Å². The lowest BCUT2D eigenvalue weighted by Gasteiger charge is -2.25. The van der Waals surface area contributed by atoms with Crippen LogP contribution in [0.3, 0.4) is 0 Å². The number of methoxy groups -OCH3 is 1. The van der Waals surface area contributed by atoms with Crippen molar-refractivity contribution in [2.75, 3.05) is 19.9 Å². The van der Waals surface area contributed by atoms with E-state index in [9.17, 15) is 14.9 Å². The number of esters is 1. The summed E-state index contributed by atoms with van der Waals surface area (Å²) in [4.78, 5) is 30.6. The zero-order valence-electron chi connectivity index (χ0n) is 23.5. The van der Waals surface area contributed by atoms with Gasteiger partial charge in [-0.1, -0.05) is 17.7 Å². The molecule has 0 radical (unpaired) electrons. The third-order valence-electron chi connectivity index (χ3n) is 5.89. The predicted octanol–water partition coefficient (Wildman–Crippen LogP) is 4.54. The summed E-state index contributed by atoms with van der Waals surface area (Å²) in [6.07, 6.45) is 0.426. The van der Waals surface area contributed by atoms with Gasteiger partial charge in [0.2, 0.25) is 0 Å². The van der Waals surface area contributed by atoms with Gasteiger partial charge in [-0.25, -0.2) is 14.6 Å². The maximum absolute atomic E-state index is 12.6. The smallest absolute Gasteiger partial charge is 0.410 e. The maximum Gasteiger partial charge on any atom is 0.410 e. The van der Waals surface area contributed by atoms with Gasteiger partial charge in [0.1, 0.15) is 17.8 Å². The van der Waals surface area contributed by atoms with E-state index in [-0.39, 0.29) is 23.8 Å². The Morgan fingerprint density at radius 1 is 1.26 bits per heavy atom. The van der Waals surface area contributed by atoms with Crippen molar-refractivity contribution >= 4 is 17.9 Å². The number of pyridine rings is 1. The van der Waals surface area contributed by atoms with E-state index in [1.165, 1.54) is 18.2 Å². The van der Waals surface area contributed by atoms with Crippen molar-refractivity contribution in [3.63, 3.8) is 0 Å². The Labute approximate surface area is 228 Å². The summed E-state index contributed by atoms with van der Waals surface area (Å²) in [6.45, 7) is 9.19. The third-order valence-corrected chi connectivity index (χ3v) is 5.89. The van der Waals surface area contributed by atoms with Gasteiger partial charge in [0.15, 0.2) is 17.3 Å². The molecule has 0 fully saturated rings. The molecule has 2 heterocycles. The number of hydrogen-bond donors (Lipinski definition) is 1. The summed E-state index contributed by atoms with van der Waals surface area (Å²) < 4.78 is 18.1. The molecule has 1 amide bonds. The molecule has 39 heavy (non-hydrogen) atoms. The number of hydrogen-bond acceptors (Lipinski definition) is 9. The molecule has 2 N–H and O–H groups in total. The molecule has 11 heteroatoms. The van der Waals surface area contributed by atoms with Crippen LogP contribution >= 0.6 is 0 Å². The van der Waals surface area contributed by atoms with Crippen LogP contribution in [0.1, 0.15) is 66.7 Å². The first-order chi connectivity index (χ1) is 18.2. The molecular formula is C28H34N6O5. The minimum Gasteiger partial charge on any atom is -0.482 e. The minimum absolute atomic E-state index is 0.123. The average molecular weight is 535 g/mol. The molecular weight excluding hydrogens is 500 g/mol. The SMILES string of the molecule is COC(=O)c1ccc(C)cc1C(C)Oc1cc(-c2c(C#N)nn(C)c2CN(C)C(=O)OC(C)(C)C)cnc1N. The average Bonchev–Trinajstić information content (AvgIpc) is 3.18. The van der Waals surface area contributed by atoms with Crippen LogP contribution in [0.4, 0.5) is 10.6 Å². The van der Waals surface area contributed by atoms with E-state index in [1.54, 1.807) is 58.6 Å². The summed E-state index contributed by atoms with van der Waals surface area (Å²) in [5.41, 5.74) is 9.22. The number of anilines is 1. The Kier molecular flexibility index (Phi) is 8.49. The lowest BCUT2D eigenvalue weighted by molar-refractivity contribution is 0.0281. The largest absolute Gasteiger partial charge is 0.482 e. The van der Waals surface area contributed by atoms with Crippen LogP contribution in [0.25, 0.3) is 11.1 Å². The summed E-state index contributed by atoms with van der Waals surface area (Å²) in [7, 11) is 4.62. The van der Waals surface area contributed by atoms with Crippen LogP contribution in [0.2, 0.25) is 0 Å². The van der Waals surface area contributed by atoms with Gasteiger partial charge in [-0.2, -0.15) is 10.4 Å². The van der Waals surface area contributed by atoms with E-state index >= 15 is 0 Å². The quantitative estimate of drug-likeness (QED) is 0.432. The van der Waals surface area contributed by atoms with Gasteiger partial charge in [-0.05, 0) is 46.8 Å². The highest BCUT2D eigenvalue weighted by molar-refractivity contribution is 5.91. The molecule has 0 saturated heterocycles. The van der Waals surface area contributed by atoms with Crippen LogP contribution in [-0.4, -0.2) is 51.5 Å². The van der Waals surface area contributed by atoms with Crippen molar-refractivity contribution in [3.05, 3.63) is 58.5 Å². The minimum atomic E-state index is -0.659. The number of nitriles is 1. The monoisotopic (exact) mass is 534 g/mol. The number of carbonyl (C=O) groups excluding carboxylic acids is 2. The maximum atomic E-state index is 12.6. The van der Waals surface area contributed by atoms with Crippen LogP contribution in [-0.2, 0) is 23.1 Å². The molecule has 0 aliphatic carbocycles. The van der Waals surface area contributed by atoms with Gasteiger partial charge in [0.05, 0.1) is 24.9 Å². The molecule has 1 unspecified atom stereocenters. The fourth-order valence-electron chi connectivity index (χ4n) is 4.01. The van der Waals surface area contributed by atoms with E-state index in [2.05, 4.69) is 16.2 Å². The van der Waals surface area contributed by atoms with Crippen molar-refractivity contribution in [2.24, 2.45) is 7.05 Å². The standard InChI is InChI=1S/C28H34N6O5/c1-16-9-10-19(26(35)37-8)20(11-16)17(2)38-23-12-18(14-31-25(23)30)24-21(13-29)32-34(7)22(24)15-33(6)27(36)39-28(3,4)5/h9-12,14,17H,15H2,1-8H3,(H2,30,31). The first-order valence-corrected chi connectivity index (χ1v) is 12.3. The third kappa shape index (κ3) is 6.65. The van der Waals surface area contributed by atoms with Crippen molar-refractivity contribution in [3.8, 4) is 22.9 Å². The van der Waals surface area contributed by atoms with Crippen molar-refractivity contribution in [1.82, 2.24) is 19.7 Å². The molecule has 3 rings (SSSR count). The van der Waals surface area contributed by atoms with E-state index in [0.29, 0.717) is 27.9 Å². The zero-order chi connectivity index (χ0) is 29.1. The highest BCUT2D eigenvalue weighted by Crippen LogP contribution is 2.35. The van der Waals surface area contributed by atoms with Gasteiger partial charge in [0.25, 0.3) is 0 Å². The Morgan fingerprint density at radius 2 is 1.95 bits per heavy atom. The number of aryl methyl sites for hydroxylation is 2. The second-order valence-electron chi connectivity index (χ2n) is 10.2. The highest BCUT2D eigenvalue weighted by atomic mass is 16.6. The molecule has 0 aliphatic heterocycles. The summed E-state index contributed by atoms with van der Waals surface area (Å²) >= 11 is 0. The zero-order valence-corrected chi connectivity index (χ0v) is 23.5. The van der Waals surface area contributed by atoms with Crippen molar-refractivity contribution in [1.29, 1.82) is 5.26 Å². The summed E-state index contributed by atoms with van der Waals surface area (Å²) in [5, 5.41) is 14.1. The number of carbonyl (C=O) groups is 2. The first-order valence-electron chi connectivity index (χ1n) is 12.3. The Balaban J connectivity index is 2.00. The molecule has 0 spiro atoms. The molecule has 0 bridgehead atoms. The van der Waals surface area contributed by atoms with Gasteiger partial charge >= 0.3 is 12.1 Å². The number of nitrogens with zero attached hydrogens (tertiary/aromatic N) is 5. The number of ether oxygens (including phenoxy) is 3.